The normalized spacial score (nSPS) is 11.8. The van der Waals surface area contributed by atoms with E-state index in [4.69, 9.17) is 10.2 Å². The van der Waals surface area contributed by atoms with Crippen LogP contribution in [0.15, 0.2) is 42.9 Å². The molecule has 0 spiro atoms. The van der Waals surface area contributed by atoms with Gasteiger partial charge in [-0.05, 0) is 12.1 Å². The number of aliphatic hydroxyl groups excluding tert-OH is 1. The van der Waals surface area contributed by atoms with Crippen molar-refractivity contribution in [3.63, 3.8) is 0 Å². The lowest BCUT2D eigenvalue weighted by atomic mass is 10.3. The van der Waals surface area contributed by atoms with E-state index < -0.39 is 24.5 Å². The topological polar surface area (TPSA) is 104 Å². The van der Waals surface area contributed by atoms with Gasteiger partial charge in [0.2, 0.25) is 0 Å². The Morgan fingerprint density at radius 2 is 2.00 bits per heavy atom. The molecule has 3 N–H and O–H groups in total. The second-order valence-electron chi connectivity index (χ2n) is 4.05. The highest BCUT2D eigenvalue weighted by atomic mass is 16.4. The van der Waals surface area contributed by atoms with Crippen LogP contribution in [0.3, 0.4) is 0 Å². The van der Waals surface area contributed by atoms with E-state index in [1.807, 2.05) is 30.3 Å². The van der Waals surface area contributed by atoms with E-state index in [1.165, 1.54) is 12.5 Å². The number of nitrogens with zero attached hydrogens (tertiary/aromatic N) is 2. The lowest BCUT2D eigenvalue weighted by Crippen LogP contribution is -2.43. The van der Waals surface area contributed by atoms with Crippen LogP contribution in [0.5, 0.6) is 0 Å². The second-order valence-corrected chi connectivity index (χ2v) is 4.05. The monoisotopic (exact) mass is 275 g/mol. The van der Waals surface area contributed by atoms with Gasteiger partial charge in [0.05, 0.1) is 6.61 Å². The van der Waals surface area contributed by atoms with Crippen LogP contribution in [0, 0.1) is 0 Å². The van der Waals surface area contributed by atoms with Crippen molar-refractivity contribution >= 4 is 11.9 Å². The van der Waals surface area contributed by atoms with Crippen molar-refractivity contribution < 1.29 is 19.8 Å². The largest absolute Gasteiger partial charge is 0.480 e. The molecule has 1 aromatic heterocycles. The number of aromatic nitrogens is 2. The maximum Gasteiger partial charge on any atom is 0.328 e. The summed E-state index contributed by atoms with van der Waals surface area (Å²) < 4.78 is 1.64. The number of carbonyl (C=O) groups is 2. The number of hydrogen-bond donors (Lipinski definition) is 3. The van der Waals surface area contributed by atoms with Crippen LogP contribution < -0.4 is 5.32 Å². The molecule has 7 nitrogen and oxygen atoms in total. The molecular formula is C13H13N3O4. The Hall–Kier alpha value is -2.67. The molecule has 104 valence electrons. The predicted molar refractivity (Wildman–Crippen MR) is 69.5 cm³/mol. The molecule has 0 aliphatic carbocycles. The lowest BCUT2D eigenvalue weighted by Gasteiger charge is -2.09. The van der Waals surface area contributed by atoms with Crippen LogP contribution in [0.1, 0.15) is 10.5 Å². The zero-order chi connectivity index (χ0) is 14.5. The number of carbonyl (C=O) groups excluding carboxylic acids is 1. The maximum absolute atomic E-state index is 11.8. The fourth-order valence-corrected chi connectivity index (χ4v) is 1.60. The molecule has 20 heavy (non-hydrogen) atoms. The first-order valence-corrected chi connectivity index (χ1v) is 5.85. The molecular weight excluding hydrogens is 262 g/mol. The number of benzene rings is 1. The van der Waals surface area contributed by atoms with Gasteiger partial charge in [0.1, 0.15) is 12.0 Å². The van der Waals surface area contributed by atoms with Gasteiger partial charge in [0, 0.05) is 11.9 Å². The molecule has 2 aromatic rings. The Bertz CT molecular complexity index is 609. The van der Waals surface area contributed by atoms with Crippen LogP contribution in [0.4, 0.5) is 0 Å². The standard InChI is InChI=1S/C13H13N3O4/c17-7-11(13(19)20)15-12(18)10-6-16(8-14-10)9-4-2-1-3-5-9/h1-6,8,11,17H,7H2,(H,15,18)(H,19,20)/t11-/m0/s1. The molecule has 1 aromatic carbocycles. The Labute approximate surface area is 114 Å². The van der Waals surface area contributed by atoms with Crippen molar-refractivity contribution in [2.75, 3.05) is 6.61 Å². The number of hydrogen-bond acceptors (Lipinski definition) is 4. The van der Waals surface area contributed by atoms with Gasteiger partial charge in [0.25, 0.3) is 5.91 Å². The number of aliphatic hydroxyl groups is 1. The summed E-state index contributed by atoms with van der Waals surface area (Å²) in [4.78, 5) is 26.4. The molecule has 1 atom stereocenters. The van der Waals surface area contributed by atoms with Gasteiger partial charge in [-0.1, -0.05) is 18.2 Å². The number of rotatable bonds is 5. The Morgan fingerprint density at radius 3 is 2.60 bits per heavy atom. The number of carboxylic acids is 1. The van der Waals surface area contributed by atoms with E-state index in [9.17, 15) is 9.59 Å². The van der Waals surface area contributed by atoms with Crippen molar-refractivity contribution in [2.24, 2.45) is 0 Å². The highest BCUT2D eigenvalue weighted by molar-refractivity contribution is 5.94. The van der Waals surface area contributed by atoms with Crippen LogP contribution in [-0.2, 0) is 4.79 Å². The molecule has 2 rings (SSSR count). The Morgan fingerprint density at radius 1 is 1.30 bits per heavy atom. The van der Waals surface area contributed by atoms with Crippen molar-refractivity contribution in [2.45, 2.75) is 6.04 Å². The van der Waals surface area contributed by atoms with E-state index in [0.717, 1.165) is 5.69 Å². The van der Waals surface area contributed by atoms with Gasteiger partial charge < -0.3 is 20.1 Å². The summed E-state index contributed by atoms with van der Waals surface area (Å²) >= 11 is 0. The Kier molecular flexibility index (Phi) is 4.11. The highest BCUT2D eigenvalue weighted by Crippen LogP contribution is 2.08. The van der Waals surface area contributed by atoms with Crippen LogP contribution >= 0.6 is 0 Å². The molecule has 1 heterocycles. The first-order valence-electron chi connectivity index (χ1n) is 5.85. The molecule has 0 saturated carbocycles. The zero-order valence-electron chi connectivity index (χ0n) is 10.4. The number of nitrogens with one attached hydrogen (secondary N) is 1. The maximum atomic E-state index is 11.8. The molecule has 0 unspecified atom stereocenters. The molecule has 0 aliphatic rings. The van der Waals surface area contributed by atoms with Crippen LogP contribution in [0.25, 0.3) is 5.69 Å². The van der Waals surface area contributed by atoms with Crippen molar-refractivity contribution in [3.05, 3.63) is 48.5 Å². The van der Waals surface area contributed by atoms with Gasteiger partial charge >= 0.3 is 5.97 Å². The van der Waals surface area contributed by atoms with E-state index in [1.54, 1.807) is 4.57 Å². The molecule has 0 radical (unpaired) electrons. The molecule has 0 fully saturated rings. The van der Waals surface area contributed by atoms with E-state index in [0.29, 0.717) is 0 Å². The molecule has 0 bridgehead atoms. The van der Waals surface area contributed by atoms with E-state index >= 15 is 0 Å². The summed E-state index contributed by atoms with van der Waals surface area (Å²) in [5.41, 5.74) is 0.907. The summed E-state index contributed by atoms with van der Waals surface area (Å²) in [6, 6.07) is 7.91. The fourth-order valence-electron chi connectivity index (χ4n) is 1.60. The molecule has 7 heteroatoms. The first kappa shape index (κ1) is 13.8. The third kappa shape index (κ3) is 3.01. The highest BCUT2D eigenvalue weighted by Gasteiger charge is 2.20. The van der Waals surface area contributed by atoms with Crippen molar-refractivity contribution in [1.29, 1.82) is 0 Å². The summed E-state index contributed by atoms with van der Waals surface area (Å²) in [7, 11) is 0. The van der Waals surface area contributed by atoms with Crippen molar-refractivity contribution in [1.82, 2.24) is 14.9 Å². The minimum Gasteiger partial charge on any atom is -0.480 e. The SMILES string of the molecule is O=C(N[C@@H](CO)C(=O)O)c1cn(-c2ccccc2)cn1. The third-order valence-corrected chi connectivity index (χ3v) is 2.66. The second kappa shape index (κ2) is 5.98. The number of imidazole rings is 1. The van der Waals surface area contributed by atoms with Gasteiger partial charge in [-0.15, -0.1) is 0 Å². The number of aliphatic carboxylic acids is 1. The van der Waals surface area contributed by atoms with Crippen LogP contribution in [0.2, 0.25) is 0 Å². The summed E-state index contributed by atoms with van der Waals surface area (Å²) in [5, 5.41) is 19.8. The molecule has 0 saturated heterocycles. The van der Waals surface area contributed by atoms with Gasteiger partial charge in [-0.3, -0.25) is 4.79 Å². The Balaban J connectivity index is 2.13. The third-order valence-electron chi connectivity index (χ3n) is 2.66. The van der Waals surface area contributed by atoms with Crippen LogP contribution in [-0.4, -0.2) is 44.3 Å². The minimum atomic E-state index is -1.34. The minimum absolute atomic E-state index is 0.0774. The average Bonchev–Trinajstić information content (AvgIpc) is 2.95. The van der Waals surface area contributed by atoms with Crippen molar-refractivity contribution in [3.8, 4) is 5.69 Å². The number of amides is 1. The quantitative estimate of drug-likeness (QED) is 0.715. The van der Waals surface area contributed by atoms with Gasteiger partial charge in [0.15, 0.2) is 6.04 Å². The van der Waals surface area contributed by atoms with E-state index in [2.05, 4.69) is 10.3 Å². The summed E-state index contributed by atoms with van der Waals surface area (Å²) in [6.45, 7) is -0.680. The number of para-hydroxylation sites is 1. The number of carboxylic acid groups (broad SMARTS) is 1. The lowest BCUT2D eigenvalue weighted by molar-refractivity contribution is -0.140. The zero-order valence-corrected chi connectivity index (χ0v) is 10.4. The first-order chi connectivity index (χ1) is 9.61. The predicted octanol–water partition coefficient (Wildman–Crippen LogP) is 0.0476. The smallest absolute Gasteiger partial charge is 0.328 e. The summed E-state index contributed by atoms with van der Waals surface area (Å²) in [5.74, 6) is -1.95. The molecule has 0 aliphatic heterocycles. The van der Waals surface area contributed by atoms with Gasteiger partial charge in [-0.2, -0.15) is 0 Å². The molecule has 1 amide bonds. The fraction of sp³-hybridized carbons (Fsp3) is 0.154. The average molecular weight is 275 g/mol. The van der Waals surface area contributed by atoms with E-state index in [-0.39, 0.29) is 5.69 Å². The summed E-state index contributed by atoms with van der Waals surface area (Å²) in [6.07, 6.45) is 2.94. The van der Waals surface area contributed by atoms with Gasteiger partial charge in [-0.25, -0.2) is 9.78 Å².